The summed E-state index contributed by atoms with van der Waals surface area (Å²) in [6.07, 6.45) is 2.26. The Bertz CT molecular complexity index is 772. The zero-order chi connectivity index (χ0) is 18.1. The number of aromatic nitrogens is 2. The lowest BCUT2D eigenvalue weighted by Gasteiger charge is -2.33. The summed E-state index contributed by atoms with van der Waals surface area (Å²) in [4.78, 5) is 16.4. The van der Waals surface area contributed by atoms with Crippen molar-refractivity contribution in [1.29, 1.82) is 0 Å². The van der Waals surface area contributed by atoms with Gasteiger partial charge < -0.3 is 14.2 Å². The number of rotatable bonds is 6. The molecule has 2 aliphatic rings. The van der Waals surface area contributed by atoms with Gasteiger partial charge in [0.05, 0.1) is 18.7 Å². The molecule has 1 saturated carbocycles. The van der Waals surface area contributed by atoms with Crippen molar-refractivity contribution in [3.63, 3.8) is 0 Å². The van der Waals surface area contributed by atoms with Gasteiger partial charge in [0.1, 0.15) is 11.5 Å². The van der Waals surface area contributed by atoms with Crippen LogP contribution in [0.5, 0.6) is 0 Å². The molecule has 1 amide bonds. The molecular formula is C18H25N5O3. The summed E-state index contributed by atoms with van der Waals surface area (Å²) in [6.45, 7) is 8.44. The number of aryl methyl sites for hydroxylation is 2. The summed E-state index contributed by atoms with van der Waals surface area (Å²) < 4.78 is 11.3. The first kappa shape index (κ1) is 17.2. The second-order valence-corrected chi connectivity index (χ2v) is 7.22. The second-order valence-electron chi connectivity index (χ2n) is 7.22. The number of carbonyl (C=O) groups is 1. The van der Waals surface area contributed by atoms with Crippen LogP contribution < -0.4 is 5.32 Å². The summed E-state index contributed by atoms with van der Waals surface area (Å²) in [7, 11) is 0. The molecular weight excluding hydrogens is 334 g/mol. The van der Waals surface area contributed by atoms with Crippen molar-refractivity contribution < 1.29 is 13.6 Å². The van der Waals surface area contributed by atoms with Crippen LogP contribution in [0.25, 0.3) is 11.5 Å². The Morgan fingerprint density at radius 1 is 1.15 bits per heavy atom. The Morgan fingerprint density at radius 3 is 2.54 bits per heavy atom. The van der Waals surface area contributed by atoms with Crippen molar-refractivity contribution in [2.75, 3.05) is 32.7 Å². The topological polar surface area (TPSA) is 87.6 Å². The fourth-order valence-electron chi connectivity index (χ4n) is 3.27. The number of piperazine rings is 1. The molecule has 2 fully saturated rings. The van der Waals surface area contributed by atoms with Crippen LogP contribution in [-0.4, -0.2) is 64.7 Å². The van der Waals surface area contributed by atoms with Gasteiger partial charge in [0.2, 0.25) is 11.8 Å². The summed E-state index contributed by atoms with van der Waals surface area (Å²) >= 11 is 0. The summed E-state index contributed by atoms with van der Waals surface area (Å²) in [5.41, 5.74) is 0.854. The molecule has 4 rings (SSSR count). The molecule has 0 aromatic carbocycles. The Morgan fingerprint density at radius 2 is 1.88 bits per heavy atom. The highest BCUT2D eigenvalue weighted by atomic mass is 16.4. The van der Waals surface area contributed by atoms with Crippen molar-refractivity contribution in [1.82, 2.24) is 25.3 Å². The number of nitrogens with one attached hydrogen (secondary N) is 1. The van der Waals surface area contributed by atoms with Crippen molar-refractivity contribution in [3.05, 3.63) is 23.5 Å². The average Bonchev–Trinajstić information content (AvgIpc) is 3.18. The molecule has 8 nitrogen and oxygen atoms in total. The van der Waals surface area contributed by atoms with Crippen LogP contribution in [0.4, 0.5) is 0 Å². The van der Waals surface area contributed by atoms with Gasteiger partial charge in [-0.15, -0.1) is 10.2 Å². The average molecular weight is 359 g/mol. The van der Waals surface area contributed by atoms with E-state index in [1.165, 1.54) is 0 Å². The van der Waals surface area contributed by atoms with E-state index in [9.17, 15) is 4.79 Å². The van der Waals surface area contributed by atoms with E-state index in [0.717, 1.165) is 56.1 Å². The Hall–Kier alpha value is -2.19. The first-order valence-corrected chi connectivity index (χ1v) is 9.20. The zero-order valence-electron chi connectivity index (χ0n) is 15.3. The molecule has 0 radical (unpaired) electrons. The third-order valence-corrected chi connectivity index (χ3v) is 4.87. The number of hydrogen-bond acceptors (Lipinski definition) is 7. The van der Waals surface area contributed by atoms with Gasteiger partial charge in [0.25, 0.3) is 5.89 Å². The zero-order valence-corrected chi connectivity index (χ0v) is 15.3. The molecule has 140 valence electrons. The van der Waals surface area contributed by atoms with E-state index in [-0.39, 0.29) is 5.91 Å². The third-order valence-electron chi connectivity index (χ3n) is 4.87. The van der Waals surface area contributed by atoms with E-state index in [4.69, 9.17) is 8.83 Å². The van der Waals surface area contributed by atoms with Gasteiger partial charge >= 0.3 is 0 Å². The van der Waals surface area contributed by atoms with E-state index in [1.807, 2.05) is 19.9 Å². The molecule has 1 aliphatic heterocycles. The lowest BCUT2D eigenvalue weighted by molar-refractivity contribution is -0.122. The number of nitrogens with zero attached hydrogens (tertiary/aromatic N) is 4. The number of carbonyl (C=O) groups excluding carboxylic acids is 1. The normalized spacial score (nSPS) is 19.0. The minimum absolute atomic E-state index is 0.147. The first-order chi connectivity index (χ1) is 12.6. The highest BCUT2D eigenvalue weighted by Gasteiger charge is 2.25. The summed E-state index contributed by atoms with van der Waals surface area (Å²) in [6, 6.07) is 2.34. The highest BCUT2D eigenvalue weighted by Crippen LogP contribution is 2.25. The first-order valence-electron chi connectivity index (χ1n) is 9.20. The Labute approximate surface area is 152 Å². The number of furan rings is 1. The lowest BCUT2D eigenvalue weighted by Crippen LogP contribution is -2.49. The van der Waals surface area contributed by atoms with Gasteiger partial charge in [-0.3, -0.25) is 14.6 Å². The van der Waals surface area contributed by atoms with Crippen molar-refractivity contribution in [2.24, 2.45) is 0 Å². The minimum Gasteiger partial charge on any atom is -0.466 e. The largest absolute Gasteiger partial charge is 0.466 e. The maximum Gasteiger partial charge on any atom is 0.251 e. The molecule has 3 heterocycles. The fourth-order valence-corrected chi connectivity index (χ4v) is 3.27. The van der Waals surface area contributed by atoms with Crippen LogP contribution >= 0.6 is 0 Å². The smallest absolute Gasteiger partial charge is 0.251 e. The van der Waals surface area contributed by atoms with Crippen LogP contribution in [0.15, 0.2) is 14.9 Å². The maximum absolute atomic E-state index is 11.9. The quantitative estimate of drug-likeness (QED) is 0.833. The molecule has 1 saturated heterocycles. The van der Waals surface area contributed by atoms with Crippen LogP contribution in [0.1, 0.15) is 30.3 Å². The van der Waals surface area contributed by atoms with Crippen LogP contribution in [0.3, 0.4) is 0 Å². The molecule has 2 aromatic rings. The molecule has 0 atom stereocenters. The predicted octanol–water partition coefficient (Wildman–Crippen LogP) is 1.34. The standard InChI is InChI=1S/C18H25N5O3/c1-12-9-15(13(2)25-12)18-21-20-17(26-18)11-23-7-5-22(6-8-23)10-16(24)19-14-3-4-14/h9,14H,3-8,10-11H2,1-2H3,(H,19,24). The molecule has 1 aliphatic carbocycles. The number of amides is 1. The molecule has 26 heavy (non-hydrogen) atoms. The number of hydrogen-bond donors (Lipinski definition) is 1. The Kier molecular flexibility index (Phi) is 4.78. The molecule has 0 unspecified atom stereocenters. The molecule has 8 heteroatoms. The van der Waals surface area contributed by atoms with E-state index >= 15 is 0 Å². The van der Waals surface area contributed by atoms with Crippen LogP contribution in [-0.2, 0) is 11.3 Å². The SMILES string of the molecule is Cc1cc(-c2nnc(CN3CCN(CC(=O)NC4CC4)CC3)o2)c(C)o1. The summed E-state index contributed by atoms with van der Waals surface area (Å²) in [5, 5.41) is 11.4. The fraction of sp³-hybridized carbons (Fsp3) is 0.611. The van der Waals surface area contributed by atoms with Gasteiger partial charge in [-0.1, -0.05) is 0 Å². The Balaban J connectivity index is 1.26. The van der Waals surface area contributed by atoms with Crippen LogP contribution in [0.2, 0.25) is 0 Å². The lowest BCUT2D eigenvalue weighted by atomic mass is 10.2. The monoisotopic (exact) mass is 359 g/mol. The molecule has 1 N–H and O–H groups in total. The van der Waals surface area contributed by atoms with E-state index in [1.54, 1.807) is 0 Å². The van der Waals surface area contributed by atoms with Gasteiger partial charge in [-0.05, 0) is 32.8 Å². The van der Waals surface area contributed by atoms with Gasteiger partial charge in [0, 0.05) is 32.2 Å². The summed E-state index contributed by atoms with van der Waals surface area (Å²) in [5.74, 6) is 2.88. The van der Waals surface area contributed by atoms with Crippen LogP contribution in [0, 0.1) is 13.8 Å². The maximum atomic E-state index is 11.9. The van der Waals surface area contributed by atoms with E-state index in [2.05, 4.69) is 25.3 Å². The van der Waals surface area contributed by atoms with Crippen molar-refractivity contribution >= 4 is 5.91 Å². The predicted molar refractivity (Wildman–Crippen MR) is 94.4 cm³/mol. The van der Waals surface area contributed by atoms with Gasteiger partial charge in [-0.25, -0.2) is 0 Å². The minimum atomic E-state index is 0.147. The molecule has 2 aromatic heterocycles. The van der Waals surface area contributed by atoms with Gasteiger partial charge in [0.15, 0.2) is 0 Å². The highest BCUT2D eigenvalue weighted by molar-refractivity contribution is 5.78. The second kappa shape index (κ2) is 7.20. The van der Waals surface area contributed by atoms with Crippen molar-refractivity contribution in [3.8, 4) is 11.5 Å². The van der Waals surface area contributed by atoms with Gasteiger partial charge in [-0.2, -0.15) is 0 Å². The van der Waals surface area contributed by atoms with Crippen molar-refractivity contribution in [2.45, 2.75) is 39.3 Å². The third kappa shape index (κ3) is 4.13. The molecule has 0 bridgehead atoms. The molecule has 0 spiro atoms. The van der Waals surface area contributed by atoms with E-state index in [0.29, 0.717) is 30.9 Å². The van der Waals surface area contributed by atoms with E-state index < -0.39 is 0 Å².